The van der Waals surface area contributed by atoms with Crippen LogP contribution in [0, 0.1) is 5.92 Å². The van der Waals surface area contributed by atoms with Crippen LogP contribution in [0.15, 0.2) is 47.8 Å². The van der Waals surface area contributed by atoms with Crippen LogP contribution >= 0.6 is 11.3 Å². The Balaban J connectivity index is 1.43. The molecule has 1 atom stereocenters. The van der Waals surface area contributed by atoms with Crippen molar-refractivity contribution in [1.29, 1.82) is 0 Å². The van der Waals surface area contributed by atoms with Gasteiger partial charge >= 0.3 is 0 Å². The van der Waals surface area contributed by atoms with Gasteiger partial charge in [-0.1, -0.05) is 55.7 Å². The zero-order chi connectivity index (χ0) is 16.9. The molecule has 0 bridgehead atoms. The van der Waals surface area contributed by atoms with Crippen molar-refractivity contribution in [3.63, 3.8) is 0 Å². The summed E-state index contributed by atoms with van der Waals surface area (Å²) < 4.78 is 0. The van der Waals surface area contributed by atoms with Crippen LogP contribution in [0.2, 0.25) is 0 Å². The molecule has 1 aliphatic carbocycles. The maximum Gasteiger partial charge on any atom is 0.0377 e. The van der Waals surface area contributed by atoms with Gasteiger partial charge in [0.2, 0.25) is 0 Å². The van der Waals surface area contributed by atoms with Crippen LogP contribution in [-0.2, 0) is 6.54 Å². The van der Waals surface area contributed by atoms with E-state index < -0.39 is 0 Å². The minimum absolute atomic E-state index is 0.630. The summed E-state index contributed by atoms with van der Waals surface area (Å²) in [5.74, 6) is 0.847. The van der Waals surface area contributed by atoms with Crippen LogP contribution in [0.1, 0.15) is 48.6 Å². The maximum absolute atomic E-state index is 2.79. The summed E-state index contributed by atoms with van der Waals surface area (Å²) in [6.45, 7) is 5.95. The topological polar surface area (TPSA) is 6.48 Å². The first-order chi connectivity index (χ1) is 12.4. The molecule has 1 saturated carbocycles. The third-order valence-electron chi connectivity index (χ3n) is 6.00. The lowest BCUT2D eigenvalue weighted by Crippen LogP contribution is -2.48. The number of hydrogen-bond acceptors (Lipinski definition) is 3. The van der Waals surface area contributed by atoms with Crippen LogP contribution in [0.4, 0.5) is 0 Å². The van der Waals surface area contributed by atoms with Gasteiger partial charge in [0.25, 0.3) is 0 Å². The van der Waals surface area contributed by atoms with Crippen molar-refractivity contribution in [1.82, 2.24) is 9.80 Å². The van der Waals surface area contributed by atoms with Crippen molar-refractivity contribution in [2.45, 2.75) is 44.7 Å². The Kier molecular flexibility index (Phi) is 5.86. The van der Waals surface area contributed by atoms with Gasteiger partial charge in [-0.05, 0) is 35.8 Å². The lowest BCUT2D eigenvalue weighted by molar-refractivity contribution is 0.0551. The Labute approximate surface area is 156 Å². The molecular weight excluding hydrogens is 324 g/mol. The molecule has 2 fully saturated rings. The minimum atomic E-state index is 0.630. The molecule has 1 saturated heterocycles. The molecule has 2 aliphatic rings. The maximum atomic E-state index is 2.79. The number of piperazine rings is 1. The second kappa shape index (κ2) is 8.48. The van der Waals surface area contributed by atoms with E-state index in [1.807, 2.05) is 11.3 Å². The SMILES string of the molecule is c1ccc(C(C2CCCCC2)N2CCN(Cc3cccs3)CC2)cc1. The molecular formula is C22H30N2S. The van der Waals surface area contributed by atoms with E-state index in [0.717, 1.165) is 12.5 Å². The highest BCUT2D eigenvalue weighted by molar-refractivity contribution is 7.09. The first-order valence-electron chi connectivity index (χ1n) is 9.94. The van der Waals surface area contributed by atoms with Gasteiger partial charge in [0, 0.05) is 43.6 Å². The van der Waals surface area contributed by atoms with Gasteiger partial charge < -0.3 is 0 Å². The molecule has 2 nitrogen and oxygen atoms in total. The predicted octanol–water partition coefficient (Wildman–Crippen LogP) is 5.19. The fourth-order valence-corrected chi connectivity index (χ4v) is 5.45. The molecule has 2 aromatic rings. The monoisotopic (exact) mass is 354 g/mol. The van der Waals surface area contributed by atoms with Crippen LogP contribution in [-0.4, -0.2) is 36.0 Å². The number of nitrogens with zero attached hydrogens (tertiary/aromatic N) is 2. The Morgan fingerprint density at radius 2 is 1.64 bits per heavy atom. The van der Waals surface area contributed by atoms with Crippen LogP contribution in [0.25, 0.3) is 0 Å². The van der Waals surface area contributed by atoms with E-state index in [4.69, 9.17) is 0 Å². The number of thiophene rings is 1. The Morgan fingerprint density at radius 3 is 2.32 bits per heavy atom. The van der Waals surface area contributed by atoms with Crippen molar-refractivity contribution in [3.05, 3.63) is 58.3 Å². The third-order valence-corrected chi connectivity index (χ3v) is 6.86. The van der Waals surface area contributed by atoms with Crippen molar-refractivity contribution in [3.8, 4) is 0 Å². The molecule has 0 radical (unpaired) electrons. The number of rotatable bonds is 5. The van der Waals surface area contributed by atoms with E-state index in [1.165, 1.54) is 63.2 Å². The highest BCUT2D eigenvalue weighted by atomic mass is 32.1. The standard InChI is InChI=1S/C22H30N2S/c1-3-8-19(9-4-1)22(20-10-5-2-6-11-20)24-15-13-23(14-16-24)18-21-12-7-17-25-21/h1,3-4,7-9,12,17,20,22H,2,5-6,10-11,13-16,18H2. The van der Waals surface area contributed by atoms with Gasteiger partial charge in [-0.2, -0.15) is 0 Å². The molecule has 1 aliphatic heterocycles. The zero-order valence-electron chi connectivity index (χ0n) is 15.1. The van der Waals surface area contributed by atoms with Gasteiger partial charge in [0.05, 0.1) is 0 Å². The highest BCUT2D eigenvalue weighted by Gasteiger charge is 2.32. The van der Waals surface area contributed by atoms with E-state index in [-0.39, 0.29) is 0 Å². The molecule has 0 amide bonds. The second-order valence-corrected chi connectivity index (χ2v) is 8.68. The molecule has 0 spiro atoms. The fourth-order valence-electron chi connectivity index (χ4n) is 4.70. The van der Waals surface area contributed by atoms with E-state index in [9.17, 15) is 0 Å². The van der Waals surface area contributed by atoms with Gasteiger partial charge in [0.15, 0.2) is 0 Å². The second-order valence-electron chi connectivity index (χ2n) is 7.65. The van der Waals surface area contributed by atoms with Crippen LogP contribution in [0.5, 0.6) is 0 Å². The van der Waals surface area contributed by atoms with Crippen LogP contribution < -0.4 is 0 Å². The van der Waals surface area contributed by atoms with Crippen LogP contribution in [0.3, 0.4) is 0 Å². The average Bonchev–Trinajstić information content (AvgIpc) is 3.18. The molecule has 3 heteroatoms. The summed E-state index contributed by atoms with van der Waals surface area (Å²) in [6.07, 6.45) is 7.11. The first kappa shape index (κ1) is 17.3. The summed E-state index contributed by atoms with van der Waals surface area (Å²) in [6, 6.07) is 16.4. The van der Waals surface area contributed by atoms with Crippen molar-refractivity contribution >= 4 is 11.3 Å². The molecule has 1 unspecified atom stereocenters. The van der Waals surface area contributed by atoms with Gasteiger partial charge in [-0.15, -0.1) is 11.3 Å². The highest BCUT2D eigenvalue weighted by Crippen LogP contribution is 2.38. The summed E-state index contributed by atoms with van der Waals surface area (Å²) in [5.41, 5.74) is 1.54. The molecule has 0 N–H and O–H groups in total. The normalized spacial score (nSPS) is 22.1. The Hall–Kier alpha value is -1.16. The Bertz CT molecular complexity index is 611. The van der Waals surface area contributed by atoms with E-state index >= 15 is 0 Å². The fraction of sp³-hybridized carbons (Fsp3) is 0.545. The Morgan fingerprint density at radius 1 is 0.880 bits per heavy atom. The summed E-state index contributed by atoms with van der Waals surface area (Å²) in [7, 11) is 0. The quantitative estimate of drug-likeness (QED) is 0.729. The molecule has 25 heavy (non-hydrogen) atoms. The predicted molar refractivity (Wildman–Crippen MR) is 107 cm³/mol. The molecule has 134 valence electrons. The third kappa shape index (κ3) is 4.33. The molecule has 2 heterocycles. The largest absolute Gasteiger partial charge is 0.296 e. The molecule has 4 rings (SSSR count). The van der Waals surface area contributed by atoms with E-state index in [0.29, 0.717) is 6.04 Å². The zero-order valence-corrected chi connectivity index (χ0v) is 16.0. The molecule has 1 aromatic heterocycles. The van der Waals surface area contributed by atoms with Crippen molar-refractivity contribution in [2.75, 3.05) is 26.2 Å². The van der Waals surface area contributed by atoms with E-state index in [2.05, 4.69) is 57.6 Å². The average molecular weight is 355 g/mol. The lowest BCUT2D eigenvalue weighted by Gasteiger charge is -2.43. The number of benzene rings is 1. The van der Waals surface area contributed by atoms with E-state index in [1.54, 1.807) is 5.56 Å². The minimum Gasteiger partial charge on any atom is -0.296 e. The summed E-state index contributed by atoms with van der Waals surface area (Å²) >= 11 is 1.89. The van der Waals surface area contributed by atoms with Crippen molar-refractivity contribution < 1.29 is 0 Å². The lowest BCUT2D eigenvalue weighted by atomic mass is 9.80. The first-order valence-corrected chi connectivity index (χ1v) is 10.8. The van der Waals surface area contributed by atoms with Gasteiger partial charge in [-0.3, -0.25) is 9.80 Å². The van der Waals surface area contributed by atoms with Gasteiger partial charge in [0.1, 0.15) is 0 Å². The van der Waals surface area contributed by atoms with Crippen molar-refractivity contribution in [2.24, 2.45) is 5.92 Å². The summed E-state index contributed by atoms with van der Waals surface area (Å²) in [5, 5.41) is 2.19. The van der Waals surface area contributed by atoms with Gasteiger partial charge in [-0.25, -0.2) is 0 Å². The smallest absolute Gasteiger partial charge is 0.0377 e. The molecule has 1 aromatic carbocycles. The summed E-state index contributed by atoms with van der Waals surface area (Å²) in [4.78, 5) is 6.92. The number of hydrogen-bond donors (Lipinski definition) is 0.